The third-order valence-corrected chi connectivity index (χ3v) is 4.45. The molecule has 2 N–H and O–H groups in total. The second kappa shape index (κ2) is 11.3. The Morgan fingerprint density at radius 1 is 0.938 bits per heavy atom. The Balaban J connectivity index is 1.42. The van der Waals surface area contributed by atoms with Crippen molar-refractivity contribution in [2.75, 3.05) is 12.4 Å². The van der Waals surface area contributed by atoms with E-state index in [-0.39, 0.29) is 6.42 Å². The van der Waals surface area contributed by atoms with Crippen LogP contribution in [-0.4, -0.2) is 25.1 Å². The summed E-state index contributed by atoms with van der Waals surface area (Å²) in [4.78, 5) is 23.9. The Kier molecular flexibility index (Phi) is 7.97. The topological polar surface area (TPSA) is 89.0 Å². The van der Waals surface area contributed by atoms with Crippen LogP contribution in [0, 0.1) is 6.92 Å². The number of rotatable bonds is 9. The van der Waals surface area contributed by atoms with Gasteiger partial charge in [-0.3, -0.25) is 9.59 Å². The molecule has 0 heterocycles. The minimum Gasteiger partial charge on any atom is -0.497 e. The molecule has 164 valence electrons. The van der Waals surface area contributed by atoms with Gasteiger partial charge in [-0.2, -0.15) is 5.10 Å². The van der Waals surface area contributed by atoms with Crippen LogP contribution in [0.15, 0.2) is 77.9 Å². The summed E-state index contributed by atoms with van der Waals surface area (Å²) >= 11 is 0. The molecule has 0 saturated carbocycles. The number of nitrogens with zero attached hydrogens (tertiary/aromatic N) is 1. The maximum Gasteiger partial charge on any atom is 0.249 e. The molecule has 7 nitrogen and oxygen atoms in total. The van der Waals surface area contributed by atoms with Crippen molar-refractivity contribution in [3.63, 3.8) is 0 Å². The van der Waals surface area contributed by atoms with Gasteiger partial charge in [0, 0.05) is 11.8 Å². The predicted molar refractivity (Wildman–Crippen MR) is 124 cm³/mol. The fourth-order valence-electron chi connectivity index (χ4n) is 2.89. The van der Waals surface area contributed by atoms with E-state index in [4.69, 9.17) is 9.47 Å². The number of hydrogen-bond donors (Lipinski definition) is 2. The first-order chi connectivity index (χ1) is 15.5. The van der Waals surface area contributed by atoms with E-state index in [2.05, 4.69) is 21.9 Å². The zero-order valence-electron chi connectivity index (χ0n) is 18.0. The van der Waals surface area contributed by atoms with Crippen LogP contribution >= 0.6 is 0 Å². The number of anilines is 1. The van der Waals surface area contributed by atoms with E-state index in [9.17, 15) is 9.59 Å². The molecule has 0 atom stereocenters. The number of hydrazone groups is 1. The standard InChI is InChI=1S/C25H25N3O4/c1-18-5-3-6-20(13-18)17-32-22-11-9-19(10-12-22)16-26-28-25(30)15-24(29)27-21-7-4-8-23(14-21)31-2/h3-14,16H,15,17H2,1-2H3,(H,27,29)(H,28,30). The lowest BCUT2D eigenvalue weighted by molar-refractivity contribution is -0.126. The number of ether oxygens (including phenoxy) is 2. The third-order valence-electron chi connectivity index (χ3n) is 4.45. The van der Waals surface area contributed by atoms with Gasteiger partial charge >= 0.3 is 0 Å². The van der Waals surface area contributed by atoms with E-state index in [1.54, 1.807) is 31.4 Å². The first-order valence-electron chi connectivity index (χ1n) is 10.1. The number of amides is 2. The highest BCUT2D eigenvalue weighted by Crippen LogP contribution is 2.17. The van der Waals surface area contributed by atoms with Gasteiger partial charge in [-0.15, -0.1) is 0 Å². The molecule has 0 bridgehead atoms. The maximum absolute atomic E-state index is 12.0. The number of methoxy groups -OCH3 is 1. The van der Waals surface area contributed by atoms with Crippen LogP contribution in [0.5, 0.6) is 11.5 Å². The zero-order valence-corrected chi connectivity index (χ0v) is 18.0. The smallest absolute Gasteiger partial charge is 0.249 e. The molecule has 0 aliphatic carbocycles. The van der Waals surface area contributed by atoms with Crippen LogP contribution in [-0.2, 0) is 16.2 Å². The van der Waals surface area contributed by atoms with E-state index in [0.717, 1.165) is 16.9 Å². The zero-order chi connectivity index (χ0) is 22.8. The van der Waals surface area contributed by atoms with Gasteiger partial charge in [0.2, 0.25) is 11.8 Å². The van der Waals surface area contributed by atoms with Crippen molar-refractivity contribution in [3.05, 3.63) is 89.5 Å². The SMILES string of the molecule is COc1cccc(NC(=O)CC(=O)NN=Cc2ccc(OCc3cccc(C)c3)cc2)c1. The average Bonchev–Trinajstić information content (AvgIpc) is 2.78. The molecule has 2 amide bonds. The van der Waals surface area contributed by atoms with Gasteiger partial charge in [0.25, 0.3) is 0 Å². The summed E-state index contributed by atoms with van der Waals surface area (Å²) in [6.45, 7) is 2.53. The highest BCUT2D eigenvalue weighted by atomic mass is 16.5. The molecule has 0 saturated heterocycles. The van der Waals surface area contributed by atoms with E-state index in [1.165, 1.54) is 11.8 Å². The summed E-state index contributed by atoms with van der Waals surface area (Å²) < 4.78 is 10.9. The van der Waals surface area contributed by atoms with Crippen LogP contribution in [0.2, 0.25) is 0 Å². The molecule has 0 aliphatic rings. The average molecular weight is 431 g/mol. The Labute approximate surface area is 187 Å². The molecule has 7 heteroatoms. The number of carbonyl (C=O) groups is 2. The van der Waals surface area contributed by atoms with Gasteiger partial charge in [0.05, 0.1) is 13.3 Å². The predicted octanol–water partition coefficient (Wildman–Crippen LogP) is 4.06. The first-order valence-corrected chi connectivity index (χ1v) is 10.1. The summed E-state index contributed by atoms with van der Waals surface area (Å²) in [5, 5.41) is 6.54. The molecule has 3 rings (SSSR count). The van der Waals surface area contributed by atoms with Gasteiger partial charge < -0.3 is 14.8 Å². The van der Waals surface area contributed by atoms with E-state index >= 15 is 0 Å². The quantitative estimate of drug-likeness (QED) is 0.304. The van der Waals surface area contributed by atoms with Crippen molar-refractivity contribution in [2.45, 2.75) is 20.0 Å². The Bertz CT molecular complexity index is 1090. The highest BCUT2D eigenvalue weighted by Gasteiger charge is 2.09. The normalized spacial score (nSPS) is 10.6. The van der Waals surface area contributed by atoms with Crippen molar-refractivity contribution in [1.29, 1.82) is 0 Å². The molecule has 0 fully saturated rings. The fraction of sp³-hybridized carbons (Fsp3) is 0.160. The highest BCUT2D eigenvalue weighted by molar-refractivity contribution is 6.03. The minimum absolute atomic E-state index is 0.347. The molecular weight excluding hydrogens is 406 g/mol. The molecule has 0 radical (unpaired) electrons. The number of aryl methyl sites for hydroxylation is 1. The van der Waals surface area contributed by atoms with Crippen molar-refractivity contribution >= 4 is 23.7 Å². The Morgan fingerprint density at radius 3 is 2.47 bits per heavy atom. The third kappa shape index (κ3) is 7.28. The molecule has 0 spiro atoms. The van der Waals surface area contributed by atoms with Crippen LogP contribution in [0.1, 0.15) is 23.1 Å². The van der Waals surface area contributed by atoms with Crippen LogP contribution < -0.4 is 20.2 Å². The van der Waals surface area contributed by atoms with Gasteiger partial charge in [-0.05, 0) is 54.4 Å². The van der Waals surface area contributed by atoms with Gasteiger partial charge in [-0.1, -0.05) is 35.9 Å². The summed E-state index contributed by atoms with van der Waals surface area (Å²) in [6, 6.07) is 22.4. The van der Waals surface area contributed by atoms with Crippen molar-refractivity contribution in [1.82, 2.24) is 5.43 Å². The number of nitrogens with one attached hydrogen (secondary N) is 2. The lowest BCUT2D eigenvalue weighted by Crippen LogP contribution is -2.24. The van der Waals surface area contributed by atoms with Crippen molar-refractivity contribution < 1.29 is 19.1 Å². The minimum atomic E-state index is -0.514. The molecule has 0 aliphatic heterocycles. The Morgan fingerprint density at radius 2 is 1.72 bits per heavy atom. The van der Waals surface area contributed by atoms with Gasteiger partial charge in [0.15, 0.2) is 0 Å². The summed E-state index contributed by atoms with van der Waals surface area (Å²) in [5.41, 5.74) is 5.99. The second-order valence-corrected chi connectivity index (χ2v) is 7.10. The van der Waals surface area contributed by atoms with Crippen molar-refractivity contribution in [2.24, 2.45) is 5.10 Å². The van der Waals surface area contributed by atoms with Gasteiger partial charge in [-0.25, -0.2) is 5.43 Å². The van der Waals surface area contributed by atoms with Crippen molar-refractivity contribution in [3.8, 4) is 11.5 Å². The van der Waals surface area contributed by atoms with E-state index < -0.39 is 11.8 Å². The number of carbonyl (C=O) groups excluding carboxylic acids is 2. The molecule has 3 aromatic carbocycles. The lowest BCUT2D eigenvalue weighted by Gasteiger charge is -2.07. The van der Waals surface area contributed by atoms with E-state index in [0.29, 0.717) is 18.0 Å². The molecule has 0 unspecified atom stereocenters. The van der Waals surface area contributed by atoms with Crippen LogP contribution in [0.25, 0.3) is 0 Å². The summed E-state index contributed by atoms with van der Waals surface area (Å²) in [7, 11) is 1.54. The van der Waals surface area contributed by atoms with E-state index in [1.807, 2.05) is 49.4 Å². The maximum atomic E-state index is 12.0. The number of hydrogen-bond acceptors (Lipinski definition) is 5. The molecule has 0 aromatic heterocycles. The van der Waals surface area contributed by atoms with Crippen LogP contribution in [0.3, 0.4) is 0 Å². The monoisotopic (exact) mass is 431 g/mol. The number of benzene rings is 3. The van der Waals surface area contributed by atoms with Gasteiger partial charge in [0.1, 0.15) is 24.5 Å². The summed E-state index contributed by atoms with van der Waals surface area (Å²) in [6.07, 6.45) is 1.16. The molecule has 32 heavy (non-hydrogen) atoms. The Hall–Kier alpha value is -4.13. The fourth-order valence-corrected chi connectivity index (χ4v) is 2.89. The first kappa shape index (κ1) is 22.6. The molecule has 3 aromatic rings. The second-order valence-electron chi connectivity index (χ2n) is 7.10. The molecular formula is C25H25N3O4. The largest absolute Gasteiger partial charge is 0.497 e. The lowest BCUT2D eigenvalue weighted by atomic mass is 10.1. The summed E-state index contributed by atoms with van der Waals surface area (Å²) in [5.74, 6) is 0.395. The van der Waals surface area contributed by atoms with Crippen LogP contribution in [0.4, 0.5) is 5.69 Å².